The second kappa shape index (κ2) is 7.90. The average Bonchev–Trinajstić information content (AvgIpc) is 2.08. The topological polar surface area (TPSA) is 68.8 Å². The Hall–Kier alpha value is -1.10. The highest BCUT2D eigenvalue weighted by atomic mass is 16.5. The van der Waals surface area contributed by atoms with Gasteiger partial charge in [0.05, 0.1) is 13.2 Å². The molecule has 4 heteroatoms. The first-order valence-electron chi connectivity index (χ1n) is 2.98. The summed E-state index contributed by atoms with van der Waals surface area (Å²) >= 11 is 0. The third kappa shape index (κ3) is 6.90. The zero-order chi connectivity index (χ0) is 7.66. The van der Waals surface area contributed by atoms with Crippen LogP contribution in [0.15, 0.2) is 0 Å². The molecule has 0 unspecified atom stereocenters. The van der Waals surface area contributed by atoms with Gasteiger partial charge in [0.15, 0.2) is 12.1 Å². The van der Waals surface area contributed by atoms with Gasteiger partial charge in [-0.2, -0.15) is 10.5 Å². The first-order chi connectivity index (χ1) is 4.91. The van der Waals surface area contributed by atoms with Gasteiger partial charge in [-0.1, -0.05) is 0 Å². The van der Waals surface area contributed by atoms with E-state index in [1.807, 2.05) is 0 Å². The molecule has 1 fully saturated rings. The van der Waals surface area contributed by atoms with E-state index in [-0.39, 0.29) is 0 Å². The van der Waals surface area contributed by atoms with Gasteiger partial charge in [-0.25, -0.2) is 0 Å². The van der Waals surface area contributed by atoms with Gasteiger partial charge < -0.3 is 10.1 Å². The number of morpholine rings is 1. The third-order valence-corrected chi connectivity index (χ3v) is 0.896. The lowest BCUT2D eigenvalue weighted by atomic mass is 10.5. The Morgan fingerprint density at radius 3 is 1.70 bits per heavy atom. The van der Waals surface area contributed by atoms with Crippen molar-refractivity contribution in [3.63, 3.8) is 0 Å². The maximum atomic E-state index is 7.26. The van der Waals surface area contributed by atoms with E-state index < -0.39 is 0 Å². The molecule has 1 saturated heterocycles. The Kier molecular flexibility index (Phi) is 7.03. The van der Waals surface area contributed by atoms with Crippen LogP contribution in [0.25, 0.3) is 0 Å². The van der Waals surface area contributed by atoms with Gasteiger partial charge in [0.1, 0.15) is 0 Å². The van der Waals surface area contributed by atoms with Crippen molar-refractivity contribution in [3.8, 4) is 12.1 Å². The van der Waals surface area contributed by atoms with Gasteiger partial charge in [0, 0.05) is 13.1 Å². The molecule has 54 valence electrons. The van der Waals surface area contributed by atoms with Crippen molar-refractivity contribution in [2.75, 3.05) is 26.3 Å². The summed E-state index contributed by atoms with van der Waals surface area (Å²) in [4.78, 5) is 0. The van der Waals surface area contributed by atoms with E-state index in [0.29, 0.717) is 0 Å². The minimum absolute atomic E-state index is 0.889. The molecule has 0 bridgehead atoms. The molecule has 0 atom stereocenters. The van der Waals surface area contributed by atoms with E-state index in [0.717, 1.165) is 26.3 Å². The van der Waals surface area contributed by atoms with Crippen molar-refractivity contribution in [1.82, 2.24) is 5.32 Å². The monoisotopic (exact) mass is 139 g/mol. The van der Waals surface area contributed by atoms with Crippen LogP contribution in [0.3, 0.4) is 0 Å². The SMILES string of the molecule is C1COCCN1.N#CC#N. The molecule has 0 aromatic carbocycles. The van der Waals surface area contributed by atoms with Crippen LogP contribution in [-0.2, 0) is 4.74 Å². The second-order valence-corrected chi connectivity index (χ2v) is 1.59. The minimum atomic E-state index is 0.889. The number of hydrogen-bond acceptors (Lipinski definition) is 4. The van der Waals surface area contributed by atoms with Crippen LogP contribution in [0.4, 0.5) is 0 Å². The lowest BCUT2D eigenvalue weighted by molar-refractivity contribution is 0.109. The Labute approximate surface area is 60.0 Å². The van der Waals surface area contributed by atoms with Crippen LogP contribution in [0, 0.1) is 22.7 Å². The van der Waals surface area contributed by atoms with Crippen molar-refractivity contribution in [2.45, 2.75) is 0 Å². The Bertz CT molecular complexity index is 117. The van der Waals surface area contributed by atoms with Crippen molar-refractivity contribution in [2.24, 2.45) is 0 Å². The van der Waals surface area contributed by atoms with Crippen molar-refractivity contribution in [1.29, 1.82) is 10.5 Å². The zero-order valence-electron chi connectivity index (χ0n) is 5.63. The molecule has 0 saturated carbocycles. The van der Waals surface area contributed by atoms with Crippen molar-refractivity contribution < 1.29 is 4.74 Å². The summed E-state index contributed by atoms with van der Waals surface area (Å²) in [5.74, 6) is 0. The first-order valence-corrected chi connectivity index (χ1v) is 2.98. The summed E-state index contributed by atoms with van der Waals surface area (Å²) in [5.41, 5.74) is 0. The molecule has 0 aromatic heterocycles. The molecule has 1 aliphatic rings. The lowest BCUT2D eigenvalue weighted by Gasteiger charge is -2.10. The summed E-state index contributed by atoms with van der Waals surface area (Å²) in [6.07, 6.45) is 0. The van der Waals surface area contributed by atoms with Crippen LogP contribution in [0.2, 0.25) is 0 Å². The Morgan fingerprint density at radius 1 is 1.10 bits per heavy atom. The van der Waals surface area contributed by atoms with Crippen LogP contribution in [0.5, 0.6) is 0 Å². The van der Waals surface area contributed by atoms with Crippen LogP contribution >= 0.6 is 0 Å². The molecule has 0 radical (unpaired) electrons. The van der Waals surface area contributed by atoms with Crippen molar-refractivity contribution >= 4 is 0 Å². The molecule has 1 rings (SSSR count). The third-order valence-electron chi connectivity index (χ3n) is 0.896. The van der Waals surface area contributed by atoms with Crippen LogP contribution in [0.1, 0.15) is 0 Å². The fourth-order valence-corrected chi connectivity index (χ4v) is 0.516. The molecule has 0 amide bonds. The highest BCUT2D eigenvalue weighted by Crippen LogP contribution is 1.76. The molecule has 1 N–H and O–H groups in total. The number of rotatable bonds is 0. The van der Waals surface area contributed by atoms with E-state index in [1.165, 1.54) is 12.1 Å². The second-order valence-electron chi connectivity index (χ2n) is 1.59. The predicted molar refractivity (Wildman–Crippen MR) is 34.9 cm³/mol. The number of ether oxygens (including phenoxy) is 1. The first kappa shape index (κ1) is 8.90. The highest BCUT2D eigenvalue weighted by Gasteiger charge is 1.92. The minimum Gasteiger partial charge on any atom is -0.379 e. The summed E-state index contributed by atoms with van der Waals surface area (Å²) < 4.78 is 5.01. The van der Waals surface area contributed by atoms with E-state index in [9.17, 15) is 0 Å². The highest BCUT2D eigenvalue weighted by molar-refractivity contribution is 4.99. The molecule has 0 aromatic rings. The smallest absolute Gasteiger partial charge is 0.181 e. The normalized spacial score (nSPS) is 15.4. The number of nitriles is 2. The van der Waals surface area contributed by atoms with Gasteiger partial charge in [-0.05, 0) is 0 Å². The summed E-state index contributed by atoms with van der Waals surface area (Å²) in [7, 11) is 0. The van der Waals surface area contributed by atoms with E-state index >= 15 is 0 Å². The fraction of sp³-hybridized carbons (Fsp3) is 0.667. The summed E-state index contributed by atoms with van der Waals surface area (Å²) in [6, 6.07) is 2.47. The maximum Gasteiger partial charge on any atom is 0.181 e. The summed E-state index contributed by atoms with van der Waals surface area (Å²) in [6.45, 7) is 3.83. The van der Waals surface area contributed by atoms with E-state index in [4.69, 9.17) is 15.3 Å². The molecular weight excluding hydrogens is 130 g/mol. The maximum absolute atomic E-state index is 7.26. The average molecular weight is 139 g/mol. The molecule has 4 nitrogen and oxygen atoms in total. The molecular formula is C6H9N3O. The van der Waals surface area contributed by atoms with Gasteiger partial charge in [-0.15, -0.1) is 0 Å². The Balaban J connectivity index is 0.000000180. The molecule has 10 heavy (non-hydrogen) atoms. The summed E-state index contributed by atoms with van der Waals surface area (Å²) in [5, 5.41) is 17.7. The quantitative estimate of drug-likeness (QED) is 0.497. The fourth-order valence-electron chi connectivity index (χ4n) is 0.516. The van der Waals surface area contributed by atoms with E-state index in [1.54, 1.807) is 0 Å². The van der Waals surface area contributed by atoms with Gasteiger partial charge in [0.2, 0.25) is 0 Å². The molecule has 1 aliphatic heterocycles. The lowest BCUT2D eigenvalue weighted by Crippen LogP contribution is -2.30. The standard InChI is InChI=1S/C4H9NO.C2N2/c1-3-6-4-2-5-1;3-1-2-4/h5H,1-4H2;. The van der Waals surface area contributed by atoms with Crippen molar-refractivity contribution in [3.05, 3.63) is 0 Å². The largest absolute Gasteiger partial charge is 0.379 e. The number of hydrogen-bond donors (Lipinski definition) is 1. The predicted octanol–water partition coefficient (Wildman–Crippen LogP) is -0.360. The number of nitrogens with one attached hydrogen (secondary N) is 1. The molecule has 0 spiro atoms. The zero-order valence-corrected chi connectivity index (χ0v) is 5.63. The van der Waals surface area contributed by atoms with E-state index in [2.05, 4.69) is 5.32 Å². The van der Waals surface area contributed by atoms with Gasteiger partial charge >= 0.3 is 0 Å². The molecule has 1 heterocycles. The van der Waals surface area contributed by atoms with Crippen LogP contribution < -0.4 is 5.32 Å². The number of nitrogens with zero attached hydrogens (tertiary/aromatic N) is 2. The molecule has 0 aliphatic carbocycles. The van der Waals surface area contributed by atoms with Crippen LogP contribution in [-0.4, -0.2) is 26.3 Å². The van der Waals surface area contributed by atoms with Gasteiger partial charge in [0.25, 0.3) is 0 Å². The Morgan fingerprint density at radius 2 is 1.60 bits per heavy atom. The van der Waals surface area contributed by atoms with Gasteiger partial charge in [-0.3, -0.25) is 0 Å².